The Hall–Kier alpha value is -0.260. The monoisotopic (exact) mass is 232 g/mol. The zero-order chi connectivity index (χ0) is 11.1. The summed E-state index contributed by atoms with van der Waals surface area (Å²) in [5.41, 5.74) is 0. The normalized spacial score (nSPS) is 22.7. The lowest BCUT2D eigenvalue weighted by Gasteiger charge is -2.32. The van der Waals surface area contributed by atoms with E-state index >= 15 is 0 Å². The number of carbonyl (C=O) groups is 1. The van der Waals surface area contributed by atoms with Crippen LogP contribution in [-0.2, 0) is 9.53 Å². The molecule has 1 atom stereocenters. The molecular formula is C10H20N2O2S. The van der Waals surface area contributed by atoms with Crippen molar-refractivity contribution in [2.75, 3.05) is 38.5 Å². The number of hydrogen-bond acceptors (Lipinski definition) is 4. The van der Waals surface area contributed by atoms with E-state index in [2.05, 4.69) is 29.8 Å². The van der Waals surface area contributed by atoms with Crippen LogP contribution in [0.25, 0.3) is 0 Å². The van der Waals surface area contributed by atoms with Crippen LogP contribution in [0.1, 0.15) is 13.3 Å². The lowest BCUT2D eigenvalue weighted by Crippen LogP contribution is -2.47. The average Bonchev–Trinajstić information content (AvgIpc) is 2.27. The highest BCUT2D eigenvalue weighted by molar-refractivity contribution is 7.80. The van der Waals surface area contributed by atoms with Gasteiger partial charge in [0.1, 0.15) is 0 Å². The van der Waals surface area contributed by atoms with Gasteiger partial charge in [-0.3, -0.25) is 9.69 Å². The first-order valence-electron chi connectivity index (χ1n) is 5.47. The first-order valence-corrected chi connectivity index (χ1v) is 6.11. The van der Waals surface area contributed by atoms with Gasteiger partial charge in [-0.05, 0) is 12.3 Å². The average molecular weight is 232 g/mol. The summed E-state index contributed by atoms with van der Waals surface area (Å²) in [7, 11) is 0. The minimum Gasteiger partial charge on any atom is -0.374 e. The van der Waals surface area contributed by atoms with Gasteiger partial charge in [0.2, 0.25) is 5.91 Å². The van der Waals surface area contributed by atoms with E-state index < -0.39 is 0 Å². The van der Waals surface area contributed by atoms with Crippen molar-refractivity contribution < 1.29 is 9.53 Å². The molecule has 0 radical (unpaired) electrons. The fourth-order valence-electron chi connectivity index (χ4n) is 1.61. The maximum atomic E-state index is 11.2. The summed E-state index contributed by atoms with van der Waals surface area (Å²) in [6.45, 7) is 6.48. The van der Waals surface area contributed by atoms with Crippen LogP contribution in [0.2, 0.25) is 0 Å². The molecule has 1 aliphatic rings. The van der Waals surface area contributed by atoms with Crippen LogP contribution < -0.4 is 5.32 Å². The van der Waals surface area contributed by atoms with Gasteiger partial charge < -0.3 is 10.1 Å². The van der Waals surface area contributed by atoms with Gasteiger partial charge in [0.25, 0.3) is 0 Å². The van der Waals surface area contributed by atoms with Gasteiger partial charge in [-0.15, -0.1) is 0 Å². The third-order valence-corrected chi connectivity index (χ3v) is 2.76. The topological polar surface area (TPSA) is 41.6 Å². The molecule has 0 aromatic carbocycles. The van der Waals surface area contributed by atoms with Gasteiger partial charge in [0.05, 0.1) is 12.7 Å². The molecule has 4 nitrogen and oxygen atoms in total. The maximum absolute atomic E-state index is 11.2. The molecule has 88 valence electrons. The second-order valence-corrected chi connectivity index (χ2v) is 4.11. The van der Waals surface area contributed by atoms with Crippen LogP contribution in [0, 0.1) is 0 Å². The van der Waals surface area contributed by atoms with Crippen molar-refractivity contribution in [2.45, 2.75) is 19.4 Å². The van der Waals surface area contributed by atoms with E-state index in [0.717, 1.165) is 26.2 Å². The van der Waals surface area contributed by atoms with Crippen LogP contribution in [0.3, 0.4) is 0 Å². The first-order chi connectivity index (χ1) is 7.26. The lowest BCUT2D eigenvalue weighted by molar-refractivity contribution is -0.121. The molecule has 1 rings (SSSR count). The van der Waals surface area contributed by atoms with E-state index in [1.54, 1.807) is 0 Å². The molecule has 15 heavy (non-hydrogen) atoms. The molecule has 0 aliphatic carbocycles. The maximum Gasteiger partial charge on any atom is 0.220 e. The SMILES string of the molecule is CCN1CCOC(CNC(=O)CCS)C1. The Bertz CT molecular complexity index is 202. The van der Waals surface area contributed by atoms with Crippen molar-refractivity contribution in [3.63, 3.8) is 0 Å². The van der Waals surface area contributed by atoms with Crippen LogP contribution in [0.4, 0.5) is 0 Å². The molecule has 1 aliphatic heterocycles. The summed E-state index contributed by atoms with van der Waals surface area (Å²) in [6, 6.07) is 0. The number of amides is 1. The standard InChI is InChI=1S/C10H20N2O2S/c1-2-12-4-5-14-9(8-12)7-11-10(13)3-6-15/h9,15H,2-8H2,1H3,(H,11,13). The molecule has 5 heteroatoms. The van der Waals surface area contributed by atoms with E-state index in [9.17, 15) is 4.79 Å². The summed E-state index contributed by atoms with van der Waals surface area (Å²) in [4.78, 5) is 13.5. The Kier molecular flexibility index (Phi) is 6.05. The Balaban J connectivity index is 2.17. The summed E-state index contributed by atoms with van der Waals surface area (Å²) >= 11 is 4.01. The second kappa shape index (κ2) is 7.09. The third-order valence-electron chi connectivity index (χ3n) is 2.54. The van der Waals surface area contributed by atoms with Gasteiger partial charge in [0.15, 0.2) is 0 Å². The molecule has 1 amide bonds. The van der Waals surface area contributed by atoms with Crippen molar-refractivity contribution in [2.24, 2.45) is 0 Å². The molecule has 1 heterocycles. The summed E-state index contributed by atoms with van der Waals surface area (Å²) in [5.74, 6) is 0.653. The molecule has 0 aromatic heterocycles. The predicted octanol–water partition coefficient (Wildman–Crippen LogP) is 0.143. The van der Waals surface area contributed by atoms with Crippen LogP contribution >= 0.6 is 12.6 Å². The zero-order valence-electron chi connectivity index (χ0n) is 9.24. The molecular weight excluding hydrogens is 212 g/mol. The van der Waals surface area contributed by atoms with E-state index in [0.29, 0.717) is 18.7 Å². The number of nitrogens with one attached hydrogen (secondary N) is 1. The number of carbonyl (C=O) groups excluding carboxylic acids is 1. The summed E-state index contributed by atoms with van der Waals surface area (Å²) in [6.07, 6.45) is 0.621. The van der Waals surface area contributed by atoms with Gasteiger partial charge in [0, 0.05) is 26.1 Å². The number of thiol groups is 1. The number of morpholine rings is 1. The van der Waals surface area contributed by atoms with Crippen LogP contribution in [-0.4, -0.2) is 55.4 Å². The highest BCUT2D eigenvalue weighted by atomic mass is 32.1. The van der Waals surface area contributed by atoms with Gasteiger partial charge in [-0.1, -0.05) is 6.92 Å². The minimum absolute atomic E-state index is 0.0576. The fourth-order valence-corrected chi connectivity index (χ4v) is 1.81. The first kappa shape index (κ1) is 12.8. The highest BCUT2D eigenvalue weighted by Gasteiger charge is 2.19. The minimum atomic E-state index is 0.0576. The number of likely N-dealkylation sites (N-methyl/N-ethyl adjacent to an activating group) is 1. The Morgan fingerprint density at radius 1 is 1.67 bits per heavy atom. The fraction of sp³-hybridized carbons (Fsp3) is 0.900. The van der Waals surface area contributed by atoms with Gasteiger partial charge in [-0.25, -0.2) is 0 Å². The molecule has 0 spiro atoms. The predicted molar refractivity (Wildman–Crippen MR) is 63.3 cm³/mol. The van der Waals surface area contributed by atoms with Crippen molar-refractivity contribution in [1.29, 1.82) is 0 Å². The largest absolute Gasteiger partial charge is 0.374 e. The number of rotatable bonds is 5. The quantitative estimate of drug-likeness (QED) is 0.663. The molecule has 1 saturated heterocycles. The van der Waals surface area contributed by atoms with Crippen molar-refractivity contribution in [3.8, 4) is 0 Å². The van der Waals surface area contributed by atoms with Crippen molar-refractivity contribution in [1.82, 2.24) is 10.2 Å². The highest BCUT2D eigenvalue weighted by Crippen LogP contribution is 2.03. The van der Waals surface area contributed by atoms with Crippen LogP contribution in [0.5, 0.6) is 0 Å². The Morgan fingerprint density at radius 2 is 2.47 bits per heavy atom. The number of hydrogen-bond donors (Lipinski definition) is 2. The van der Waals surface area contributed by atoms with Crippen LogP contribution in [0.15, 0.2) is 0 Å². The van der Waals surface area contributed by atoms with Crippen molar-refractivity contribution >= 4 is 18.5 Å². The van der Waals surface area contributed by atoms with E-state index in [1.165, 1.54) is 0 Å². The Morgan fingerprint density at radius 3 is 3.13 bits per heavy atom. The molecule has 0 bridgehead atoms. The molecule has 1 fully saturated rings. The molecule has 0 aromatic rings. The molecule has 1 unspecified atom stereocenters. The van der Waals surface area contributed by atoms with Gasteiger partial charge in [-0.2, -0.15) is 12.6 Å². The van der Waals surface area contributed by atoms with E-state index in [4.69, 9.17) is 4.74 Å². The van der Waals surface area contributed by atoms with Gasteiger partial charge >= 0.3 is 0 Å². The summed E-state index contributed by atoms with van der Waals surface area (Å²) in [5, 5.41) is 2.86. The lowest BCUT2D eigenvalue weighted by atomic mass is 10.2. The van der Waals surface area contributed by atoms with E-state index in [1.807, 2.05) is 0 Å². The third kappa shape index (κ3) is 4.86. The second-order valence-electron chi connectivity index (χ2n) is 3.66. The molecule has 0 saturated carbocycles. The number of nitrogens with zero attached hydrogens (tertiary/aromatic N) is 1. The summed E-state index contributed by atoms with van der Waals surface area (Å²) < 4.78 is 5.56. The number of ether oxygens (including phenoxy) is 1. The smallest absolute Gasteiger partial charge is 0.220 e. The Labute approximate surface area is 96.8 Å². The van der Waals surface area contributed by atoms with E-state index in [-0.39, 0.29) is 12.0 Å². The van der Waals surface area contributed by atoms with Crippen molar-refractivity contribution in [3.05, 3.63) is 0 Å². The molecule has 1 N–H and O–H groups in total. The zero-order valence-corrected chi connectivity index (χ0v) is 10.1.